The fourth-order valence-electron chi connectivity index (χ4n) is 1.67. The molecule has 0 bridgehead atoms. The van der Waals surface area contributed by atoms with Gasteiger partial charge >= 0.3 is 6.18 Å². The number of aliphatic hydroxyl groups is 1. The second-order valence-corrected chi connectivity index (χ2v) is 5.53. The van der Waals surface area contributed by atoms with Crippen molar-refractivity contribution in [3.63, 3.8) is 0 Å². The van der Waals surface area contributed by atoms with Gasteiger partial charge in [-0.05, 0) is 19.1 Å². The maximum atomic E-state index is 12.7. The van der Waals surface area contributed by atoms with Gasteiger partial charge in [-0.25, -0.2) is 4.98 Å². The number of rotatable bonds is 4. The highest BCUT2D eigenvalue weighted by Gasteiger charge is 2.30. The number of amides is 1. The number of nitrogens with zero attached hydrogens (tertiary/aromatic N) is 1. The largest absolute Gasteiger partial charge is 0.416 e. The summed E-state index contributed by atoms with van der Waals surface area (Å²) in [7, 11) is 0. The van der Waals surface area contributed by atoms with Crippen molar-refractivity contribution < 1.29 is 23.1 Å². The van der Waals surface area contributed by atoms with Gasteiger partial charge in [0.1, 0.15) is 10.7 Å². The van der Waals surface area contributed by atoms with E-state index in [9.17, 15) is 18.0 Å². The second-order valence-electron chi connectivity index (χ2n) is 4.68. The van der Waals surface area contributed by atoms with Crippen LogP contribution in [0.3, 0.4) is 0 Å². The lowest BCUT2D eigenvalue weighted by molar-refractivity contribution is -0.137. The van der Waals surface area contributed by atoms with E-state index in [0.29, 0.717) is 10.6 Å². The zero-order valence-electron chi connectivity index (χ0n) is 11.5. The van der Waals surface area contributed by atoms with E-state index in [-0.39, 0.29) is 12.2 Å². The summed E-state index contributed by atoms with van der Waals surface area (Å²) < 4.78 is 38.1. The molecule has 0 aliphatic heterocycles. The van der Waals surface area contributed by atoms with Crippen LogP contribution in [0.2, 0.25) is 0 Å². The first-order valence-corrected chi connectivity index (χ1v) is 7.25. The van der Waals surface area contributed by atoms with Crippen molar-refractivity contribution in [1.82, 2.24) is 10.3 Å². The van der Waals surface area contributed by atoms with E-state index < -0.39 is 23.8 Å². The van der Waals surface area contributed by atoms with E-state index in [1.807, 2.05) is 0 Å². The van der Waals surface area contributed by atoms with Crippen molar-refractivity contribution >= 4 is 17.2 Å². The molecule has 118 valence electrons. The summed E-state index contributed by atoms with van der Waals surface area (Å²) in [5, 5.41) is 13.4. The number of carbonyl (C=O) groups excluding carboxylic acids is 1. The summed E-state index contributed by atoms with van der Waals surface area (Å²) >= 11 is 1.08. The molecule has 2 aromatic rings. The van der Waals surface area contributed by atoms with Crippen LogP contribution in [-0.2, 0) is 6.18 Å². The number of hydrogen-bond acceptors (Lipinski definition) is 4. The van der Waals surface area contributed by atoms with E-state index in [0.717, 1.165) is 23.5 Å². The normalized spacial score (nSPS) is 13.0. The fraction of sp³-hybridized carbons (Fsp3) is 0.286. The molecule has 1 atom stereocenters. The molecule has 0 aliphatic carbocycles. The molecule has 22 heavy (non-hydrogen) atoms. The molecule has 0 saturated heterocycles. The van der Waals surface area contributed by atoms with Crippen LogP contribution in [0.4, 0.5) is 13.2 Å². The number of carbonyl (C=O) groups is 1. The Morgan fingerprint density at radius 2 is 2.18 bits per heavy atom. The topological polar surface area (TPSA) is 62.2 Å². The zero-order valence-corrected chi connectivity index (χ0v) is 12.3. The third-order valence-electron chi connectivity index (χ3n) is 2.73. The summed E-state index contributed by atoms with van der Waals surface area (Å²) in [5.74, 6) is -0.477. The molecule has 0 radical (unpaired) electrons. The van der Waals surface area contributed by atoms with Crippen LogP contribution >= 0.6 is 11.3 Å². The number of nitrogens with one attached hydrogen (secondary N) is 1. The number of aliphatic hydroxyl groups excluding tert-OH is 1. The second kappa shape index (κ2) is 6.45. The van der Waals surface area contributed by atoms with Gasteiger partial charge in [0, 0.05) is 17.5 Å². The molecule has 1 aromatic heterocycles. The summed E-state index contributed by atoms with van der Waals surface area (Å²) in [4.78, 5) is 15.8. The Kier molecular flexibility index (Phi) is 4.82. The number of hydrogen-bond donors (Lipinski definition) is 2. The SMILES string of the molecule is CC(O)CNC(=O)c1csc(-c2cccc(C(F)(F)F)c2)n1. The third-order valence-corrected chi connectivity index (χ3v) is 3.62. The molecule has 0 saturated carbocycles. The number of thiazole rings is 1. The highest BCUT2D eigenvalue weighted by atomic mass is 32.1. The van der Waals surface area contributed by atoms with Crippen molar-refractivity contribution in [2.24, 2.45) is 0 Å². The van der Waals surface area contributed by atoms with Crippen LogP contribution in [-0.4, -0.2) is 28.6 Å². The molecular weight excluding hydrogens is 317 g/mol. The van der Waals surface area contributed by atoms with Gasteiger partial charge in [-0.2, -0.15) is 13.2 Å². The summed E-state index contributed by atoms with van der Waals surface area (Å²) in [5.41, 5.74) is -0.354. The molecule has 0 spiro atoms. The zero-order chi connectivity index (χ0) is 16.3. The van der Waals surface area contributed by atoms with Crippen LogP contribution in [0.1, 0.15) is 23.0 Å². The van der Waals surface area contributed by atoms with Crippen molar-refractivity contribution in [2.75, 3.05) is 6.54 Å². The molecule has 1 aromatic carbocycles. The monoisotopic (exact) mass is 330 g/mol. The number of halogens is 3. The van der Waals surface area contributed by atoms with Gasteiger partial charge in [0.05, 0.1) is 11.7 Å². The van der Waals surface area contributed by atoms with Gasteiger partial charge in [-0.3, -0.25) is 4.79 Å². The van der Waals surface area contributed by atoms with E-state index in [1.165, 1.54) is 24.4 Å². The first-order chi connectivity index (χ1) is 10.3. The Labute approximate surface area is 128 Å². The van der Waals surface area contributed by atoms with E-state index in [4.69, 9.17) is 5.11 Å². The number of alkyl halides is 3. The maximum Gasteiger partial charge on any atom is 0.416 e. The molecule has 2 rings (SSSR count). The molecule has 0 fully saturated rings. The summed E-state index contributed by atoms with van der Waals surface area (Å²) in [6.45, 7) is 1.60. The Bertz CT molecular complexity index is 668. The van der Waals surface area contributed by atoms with Gasteiger partial charge in [0.25, 0.3) is 5.91 Å². The minimum absolute atomic E-state index is 0.0786. The minimum Gasteiger partial charge on any atom is -0.392 e. The van der Waals surface area contributed by atoms with E-state index >= 15 is 0 Å². The summed E-state index contributed by atoms with van der Waals surface area (Å²) in [6.07, 6.45) is -5.12. The Hall–Kier alpha value is -1.93. The molecule has 8 heteroatoms. The first kappa shape index (κ1) is 16.4. The Morgan fingerprint density at radius 1 is 1.45 bits per heavy atom. The standard InChI is InChI=1S/C14H13F3N2O2S/c1-8(20)6-18-12(21)11-7-22-13(19-11)9-3-2-4-10(5-9)14(15,16)17/h2-5,7-8,20H,6H2,1H3,(H,18,21). The highest BCUT2D eigenvalue weighted by Crippen LogP contribution is 2.33. The average Bonchev–Trinajstić information content (AvgIpc) is 2.94. The number of aromatic nitrogens is 1. The van der Waals surface area contributed by atoms with Gasteiger partial charge in [-0.15, -0.1) is 11.3 Å². The predicted molar refractivity (Wildman–Crippen MR) is 76.6 cm³/mol. The highest BCUT2D eigenvalue weighted by molar-refractivity contribution is 7.13. The lowest BCUT2D eigenvalue weighted by Gasteiger charge is -2.07. The Morgan fingerprint density at radius 3 is 2.82 bits per heavy atom. The molecule has 1 amide bonds. The van der Waals surface area contributed by atoms with Gasteiger partial charge in [0.2, 0.25) is 0 Å². The van der Waals surface area contributed by atoms with Gasteiger partial charge in [0.15, 0.2) is 0 Å². The molecule has 2 N–H and O–H groups in total. The van der Waals surface area contributed by atoms with Crippen molar-refractivity contribution in [2.45, 2.75) is 19.2 Å². The number of benzene rings is 1. The maximum absolute atomic E-state index is 12.7. The van der Waals surface area contributed by atoms with E-state index in [2.05, 4.69) is 10.3 Å². The average molecular weight is 330 g/mol. The smallest absolute Gasteiger partial charge is 0.392 e. The first-order valence-electron chi connectivity index (χ1n) is 6.37. The van der Waals surface area contributed by atoms with Crippen LogP contribution in [0.5, 0.6) is 0 Å². The Balaban J connectivity index is 2.20. The quantitative estimate of drug-likeness (QED) is 0.906. The van der Waals surface area contributed by atoms with Crippen molar-refractivity contribution in [1.29, 1.82) is 0 Å². The predicted octanol–water partition coefficient (Wildman–Crippen LogP) is 2.94. The lowest BCUT2D eigenvalue weighted by atomic mass is 10.1. The molecule has 0 aliphatic rings. The van der Waals surface area contributed by atoms with Crippen molar-refractivity contribution in [3.05, 3.63) is 40.9 Å². The third kappa shape index (κ3) is 4.05. The lowest BCUT2D eigenvalue weighted by Crippen LogP contribution is -2.30. The minimum atomic E-state index is -4.43. The van der Waals surface area contributed by atoms with Crippen LogP contribution < -0.4 is 5.32 Å². The molecule has 1 unspecified atom stereocenters. The van der Waals surface area contributed by atoms with Gasteiger partial charge < -0.3 is 10.4 Å². The fourth-order valence-corrected chi connectivity index (χ4v) is 2.47. The molecular formula is C14H13F3N2O2S. The molecule has 1 heterocycles. The van der Waals surface area contributed by atoms with Crippen LogP contribution in [0.15, 0.2) is 29.6 Å². The summed E-state index contributed by atoms with van der Waals surface area (Å²) in [6, 6.07) is 4.78. The van der Waals surface area contributed by atoms with Crippen LogP contribution in [0.25, 0.3) is 10.6 Å². The van der Waals surface area contributed by atoms with E-state index in [1.54, 1.807) is 0 Å². The van der Waals surface area contributed by atoms with Crippen LogP contribution in [0, 0.1) is 0 Å². The van der Waals surface area contributed by atoms with Crippen molar-refractivity contribution in [3.8, 4) is 10.6 Å². The van der Waals surface area contributed by atoms with Gasteiger partial charge in [-0.1, -0.05) is 12.1 Å². The molecule has 4 nitrogen and oxygen atoms in total.